The van der Waals surface area contributed by atoms with Crippen molar-refractivity contribution in [3.8, 4) is 0 Å². The van der Waals surface area contributed by atoms with E-state index in [1.54, 1.807) is 0 Å². The highest BCUT2D eigenvalue weighted by atomic mass is 16.5. The minimum Gasteiger partial charge on any atom is -0.373 e. The summed E-state index contributed by atoms with van der Waals surface area (Å²) in [6.45, 7) is 17.3. The highest BCUT2D eigenvalue weighted by Crippen LogP contribution is 2.23. The number of rotatable bonds is 9. The van der Waals surface area contributed by atoms with Gasteiger partial charge in [0, 0.05) is 0 Å². The Bertz CT molecular complexity index is 209. The molecule has 0 aliphatic heterocycles. The molecular formula is C18H38O2. The van der Waals surface area contributed by atoms with Crippen molar-refractivity contribution in [2.24, 2.45) is 0 Å². The Morgan fingerprint density at radius 1 is 0.600 bits per heavy atom. The summed E-state index contributed by atoms with van der Waals surface area (Å²) in [4.78, 5) is 0. The molecule has 0 amide bonds. The third-order valence-electron chi connectivity index (χ3n) is 3.07. The van der Waals surface area contributed by atoms with Crippen molar-refractivity contribution < 1.29 is 9.47 Å². The first-order valence-electron chi connectivity index (χ1n) is 8.43. The van der Waals surface area contributed by atoms with Gasteiger partial charge in [-0.2, -0.15) is 0 Å². The Balaban J connectivity index is 4.38. The van der Waals surface area contributed by atoms with Gasteiger partial charge in [-0.15, -0.1) is 0 Å². The number of ether oxygens (including phenoxy) is 2. The molecule has 0 aromatic carbocycles. The highest BCUT2D eigenvalue weighted by Gasteiger charge is 2.22. The van der Waals surface area contributed by atoms with Crippen LogP contribution in [0.15, 0.2) is 0 Å². The van der Waals surface area contributed by atoms with Gasteiger partial charge in [0.05, 0.1) is 23.4 Å². The Hall–Kier alpha value is -0.0800. The third kappa shape index (κ3) is 11.7. The molecule has 2 atom stereocenters. The minimum absolute atomic E-state index is 0.0506. The van der Waals surface area contributed by atoms with Gasteiger partial charge in [0.1, 0.15) is 0 Å². The van der Waals surface area contributed by atoms with Crippen molar-refractivity contribution in [3.63, 3.8) is 0 Å². The van der Waals surface area contributed by atoms with Crippen molar-refractivity contribution in [2.45, 2.75) is 117 Å². The van der Waals surface area contributed by atoms with Gasteiger partial charge in [0.2, 0.25) is 0 Å². The largest absolute Gasteiger partial charge is 0.373 e. The first-order chi connectivity index (χ1) is 9.07. The zero-order chi connectivity index (χ0) is 15.8. The van der Waals surface area contributed by atoms with Crippen LogP contribution in [0.1, 0.15) is 93.9 Å². The Labute approximate surface area is 127 Å². The van der Waals surface area contributed by atoms with Crippen LogP contribution in [-0.2, 0) is 9.47 Å². The topological polar surface area (TPSA) is 18.5 Å². The molecule has 2 heteroatoms. The van der Waals surface area contributed by atoms with Crippen molar-refractivity contribution in [3.05, 3.63) is 0 Å². The van der Waals surface area contributed by atoms with Gasteiger partial charge in [0.15, 0.2) is 0 Å². The molecule has 0 saturated carbocycles. The second-order valence-electron chi connectivity index (χ2n) is 7.86. The molecule has 0 heterocycles. The maximum Gasteiger partial charge on any atom is 0.0602 e. The molecule has 0 N–H and O–H groups in total. The molecular weight excluding hydrogens is 248 g/mol. The van der Waals surface area contributed by atoms with Gasteiger partial charge in [-0.3, -0.25) is 0 Å². The fraction of sp³-hybridized carbons (Fsp3) is 1.00. The van der Waals surface area contributed by atoms with Gasteiger partial charge in [-0.25, -0.2) is 0 Å². The van der Waals surface area contributed by atoms with E-state index in [4.69, 9.17) is 9.47 Å². The zero-order valence-electron chi connectivity index (χ0n) is 15.2. The Morgan fingerprint density at radius 3 is 1.10 bits per heavy atom. The molecule has 0 fully saturated rings. The van der Waals surface area contributed by atoms with Crippen molar-refractivity contribution in [1.82, 2.24) is 0 Å². The molecule has 0 aromatic heterocycles. The van der Waals surface area contributed by atoms with E-state index in [9.17, 15) is 0 Å². The average Bonchev–Trinajstić information content (AvgIpc) is 2.22. The summed E-state index contributed by atoms with van der Waals surface area (Å²) in [5.41, 5.74) is -0.101. The van der Waals surface area contributed by atoms with Crippen LogP contribution in [0.25, 0.3) is 0 Å². The van der Waals surface area contributed by atoms with E-state index in [1.165, 1.54) is 12.8 Å². The summed E-state index contributed by atoms with van der Waals surface area (Å²) < 4.78 is 12.4. The summed E-state index contributed by atoms with van der Waals surface area (Å²) in [6.07, 6.45) is 7.58. The van der Waals surface area contributed by atoms with Crippen LogP contribution >= 0.6 is 0 Å². The number of hydrogen-bond acceptors (Lipinski definition) is 2. The molecule has 2 nitrogen and oxygen atoms in total. The second kappa shape index (κ2) is 9.04. The second-order valence-corrected chi connectivity index (χ2v) is 7.86. The van der Waals surface area contributed by atoms with Gasteiger partial charge < -0.3 is 9.47 Å². The van der Waals surface area contributed by atoms with Crippen LogP contribution in [0.3, 0.4) is 0 Å². The molecule has 0 aromatic rings. The summed E-state index contributed by atoms with van der Waals surface area (Å²) in [6, 6.07) is 0. The lowest BCUT2D eigenvalue weighted by atomic mass is 10.0. The van der Waals surface area contributed by atoms with Gasteiger partial charge in [-0.1, -0.05) is 26.7 Å². The monoisotopic (exact) mass is 286 g/mol. The van der Waals surface area contributed by atoms with E-state index in [0.29, 0.717) is 12.2 Å². The van der Waals surface area contributed by atoms with Crippen LogP contribution in [0, 0.1) is 0 Å². The third-order valence-corrected chi connectivity index (χ3v) is 3.07. The fourth-order valence-electron chi connectivity index (χ4n) is 2.54. The van der Waals surface area contributed by atoms with Crippen LogP contribution in [0.2, 0.25) is 0 Å². The van der Waals surface area contributed by atoms with Crippen molar-refractivity contribution in [2.75, 3.05) is 0 Å². The summed E-state index contributed by atoms with van der Waals surface area (Å²) >= 11 is 0. The molecule has 0 aliphatic carbocycles. The smallest absolute Gasteiger partial charge is 0.0602 e. The Kier molecular flexibility index (Phi) is 9.01. The van der Waals surface area contributed by atoms with E-state index in [2.05, 4.69) is 55.4 Å². The van der Waals surface area contributed by atoms with Crippen LogP contribution in [-0.4, -0.2) is 23.4 Å². The predicted molar refractivity (Wildman–Crippen MR) is 88.3 cm³/mol. The predicted octanol–water partition coefficient (Wildman–Crippen LogP) is 5.73. The zero-order valence-corrected chi connectivity index (χ0v) is 15.2. The van der Waals surface area contributed by atoms with Crippen LogP contribution < -0.4 is 0 Å². The van der Waals surface area contributed by atoms with E-state index < -0.39 is 0 Å². The summed E-state index contributed by atoms with van der Waals surface area (Å²) in [5.74, 6) is 0. The fourth-order valence-corrected chi connectivity index (χ4v) is 2.54. The summed E-state index contributed by atoms with van der Waals surface area (Å²) in [5, 5.41) is 0. The molecule has 0 radical (unpaired) electrons. The van der Waals surface area contributed by atoms with Gasteiger partial charge in [-0.05, 0) is 67.2 Å². The average molecular weight is 286 g/mol. The molecule has 20 heavy (non-hydrogen) atoms. The standard InChI is InChI=1S/C18H38O2/c1-9-11-15(19-17(3,4)5)13-14-16(12-10-2)20-18(6,7)8/h15-16H,9-14H2,1-8H3. The van der Waals surface area contributed by atoms with E-state index in [0.717, 1.165) is 25.7 Å². The molecule has 0 spiro atoms. The molecule has 0 rings (SSSR count). The highest BCUT2D eigenvalue weighted by molar-refractivity contribution is 4.71. The first kappa shape index (κ1) is 19.9. The quantitative estimate of drug-likeness (QED) is 0.538. The van der Waals surface area contributed by atoms with Gasteiger partial charge >= 0.3 is 0 Å². The van der Waals surface area contributed by atoms with Gasteiger partial charge in [0.25, 0.3) is 0 Å². The maximum absolute atomic E-state index is 6.18. The molecule has 2 unspecified atom stereocenters. The van der Waals surface area contributed by atoms with Crippen molar-refractivity contribution >= 4 is 0 Å². The molecule has 0 aliphatic rings. The lowest BCUT2D eigenvalue weighted by Gasteiger charge is -2.31. The minimum atomic E-state index is -0.0506. The number of hydrogen-bond donors (Lipinski definition) is 0. The van der Waals surface area contributed by atoms with Crippen LogP contribution in [0.5, 0.6) is 0 Å². The summed E-state index contributed by atoms with van der Waals surface area (Å²) in [7, 11) is 0. The normalized spacial score (nSPS) is 16.2. The van der Waals surface area contributed by atoms with Crippen LogP contribution in [0.4, 0.5) is 0 Å². The van der Waals surface area contributed by atoms with E-state index >= 15 is 0 Å². The lowest BCUT2D eigenvalue weighted by molar-refractivity contribution is -0.0916. The molecule has 0 saturated heterocycles. The maximum atomic E-state index is 6.18. The Morgan fingerprint density at radius 2 is 0.900 bits per heavy atom. The molecule has 122 valence electrons. The van der Waals surface area contributed by atoms with E-state index in [1.807, 2.05) is 0 Å². The lowest BCUT2D eigenvalue weighted by Crippen LogP contribution is -2.31. The van der Waals surface area contributed by atoms with Crippen molar-refractivity contribution in [1.29, 1.82) is 0 Å². The first-order valence-corrected chi connectivity index (χ1v) is 8.43. The SMILES string of the molecule is CCCC(CCC(CCC)OC(C)(C)C)OC(C)(C)C. The molecule has 0 bridgehead atoms. The van der Waals surface area contributed by atoms with E-state index in [-0.39, 0.29) is 11.2 Å².